The Morgan fingerprint density at radius 1 is 1.13 bits per heavy atom. The number of amides is 1. The monoisotopic (exact) mass is 308 g/mol. The zero-order valence-electron chi connectivity index (χ0n) is 12.7. The van der Waals surface area contributed by atoms with Crippen LogP contribution in [0.15, 0.2) is 48.7 Å². The second-order valence-electron chi connectivity index (χ2n) is 5.57. The Morgan fingerprint density at radius 2 is 2.00 bits per heavy atom. The highest BCUT2D eigenvalue weighted by molar-refractivity contribution is 5.98. The minimum atomic E-state index is -0.0919. The zero-order valence-corrected chi connectivity index (χ0v) is 12.7. The quantitative estimate of drug-likeness (QED) is 0.809. The number of hydrogen-bond acceptors (Lipinski definition) is 3. The van der Waals surface area contributed by atoms with Crippen molar-refractivity contribution in [2.75, 3.05) is 6.79 Å². The Hall–Kier alpha value is -2.95. The molecule has 0 unspecified atom stereocenters. The van der Waals surface area contributed by atoms with Gasteiger partial charge in [0.15, 0.2) is 11.5 Å². The Bertz CT molecular complexity index is 898. The van der Waals surface area contributed by atoms with E-state index in [1.54, 1.807) is 0 Å². The predicted molar refractivity (Wildman–Crippen MR) is 86.7 cm³/mol. The molecule has 116 valence electrons. The molecule has 0 fully saturated rings. The van der Waals surface area contributed by atoms with Crippen LogP contribution in [0.25, 0.3) is 10.9 Å². The summed E-state index contributed by atoms with van der Waals surface area (Å²) in [6.07, 6.45) is 1.99. The van der Waals surface area contributed by atoms with Crippen LogP contribution in [0.1, 0.15) is 15.9 Å². The second-order valence-corrected chi connectivity index (χ2v) is 5.57. The second kappa shape index (κ2) is 5.35. The molecular weight excluding hydrogens is 292 g/mol. The first-order chi connectivity index (χ1) is 11.2. The number of aromatic nitrogens is 1. The van der Waals surface area contributed by atoms with Crippen molar-refractivity contribution in [3.8, 4) is 11.5 Å². The fourth-order valence-corrected chi connectivity index (χ4v) is 2.74. The van der Waals surface area contributed by atoms with Gasteiger partial charge in [-0.2, -0.15) is 0 Å². The molecule has 0 bridgehead atoms. The molecule has 5 heteroatoms. The topological polar surface area (TPSA) is 52.5 Å². The Morgan fingerprint density at radius 3 is 2.91 bits per heavy atom. The zero-order chi connectivity index (χ0) is 15.8. The maximum atomic E-state index is 12.4. The summed E-state index contributed by atoms with van der Waals surface area (Å²) >= 11 is 0. The van der Waals surface area contributed by atoms with Crippen molar-refractivity contribution >= 4 is 16.8 Å². The molecule has 1 aliphatic heterocycles. The van der Waals surface area contributed by atoms with E-state index in [4.69, 9.17) is 9.47 Å². The molecule has 2 aromatic carbocycles. The first-order valence-electron chi connectivity index (χ1n) is 7.42. The predicted octanol–water partition coefficient (Wildman–Crippen LogP) is 2.84. The van der Waals surface area contributed by atoms with Crippen LogP contribution in [-0.2, 0) is 13.6 Å². The van der Waals surface area contributed by atoms with Crippen LogP contribution in [0.3, 0.4) is 0 Å². The molecule has 1 aromatic heterocycles. The number of fused-ring (bicyclic) bond motifs is 2. The Labute approximate surface area is 133 Å². The molecule has 0 spiro atoms. The van der Waals surface area contributed by atoms with Crippen LogP contribution in [-0.4, -0.2) is 17.3 Å². The molecule has 1 N–H and O–H groups in total. The third-order valence-corrected chi connectivity index (χ3v) is 4.04. The molecule has 1 aliphatic rings. The summed E-state index contributed by atoms with van der Waals surface area (Å²) < 4.78 is 12.6. The van der Waals surface area contributed by atoms with Crippen LogP contribution in [0.2, 0.25) is 0 Å². The molecule has 23 heavy (non-hydrogen) atoms. The van der Waals surface area contributed by atoms with E-state index >= 15 is 0 Å². The van der Waals surface area contributed by atoms with E-state index < -0.39 is 0 Å². The fourth-order valence-electron chi connectivity index (χ4n) is 2.74. The van der Waals surface area contributed by atoms with Gasteiger partial charge in [-0.15, -0.1) is 0 Å². The van der Waals surface area contributed by atoms with Crippen molar-refractivity contribution < 1.29 is 14.3 Å². The van der Waals surface area contributed by atoms with Crippen molar-refractivity contribution in [3.63, 3.8) is 0 Å². The molecule has 0 radical (unpaired) electrons. The maximum absolute atomic E-state index is 12.4. The van der Waals surface area contributed by atoms with Gasteiger partial charge < -0.3 is 19.4 Å². The fraction of sp³-hybridized carbons (Fsp3) is 0.167. The van der Waals surface area contributed by atoms with Gasteiger partial charge in [0.1, 0.15) is 0 Å². The lowest BCUT2D eigenvalue weighted by Gasteiger charge is -2.07. The van der Waals surface area contributed by atoms with Crippen molar-refractivity contribution in [3.05, 3.63) is 59.8 Å². The molecule has 2 heterocycles. The molecule has 0 atom stereocenters. The summed E-state index contributed by atoms with van der Waals surface area (Å²) in [7, 11) is 1.97. The van der Waals surface area contributed by atoms with Crippen LogP contribution < -0.4 is 14.8 Å². The molecule has 0 aliphatic carbocycles. The number of rotatable bonds is 3. The third kappa shape index (κ3) is 2.50. The third-order valence-electron chi connectivity index (χ3n) is 4.04. The normalized spacial score (nSPS) is 12.6. The number of carbonyl (C=O) groups excluding carboxylic acids is 1. The number of nitrogens with zero attached hydrogens (tertiary/aromatic N) is 1. The van der Waals surface area contributed by atoms with E-state index in [-0.39, 0.29) is 12.7 Å². The lowest BCUT2D eigenvalue weighted by atomic mass is 10.1. The summed E-state index contributed by atoms with van der Waals surface area (Å²) in [5.41, 5.74) is 2.67. The minimum Gasteiger partial charge on any atom is -0.454 e. The summed E-state index contributed by atoms with van der Waals surface area (Å²) in [5.74, 6) is 1.38. The van der Waals surface area contributed by atoms with Crippen LogP contribution in [0.4, 0.5) is 0 Å². The maximum Gasteiger partial charge on any atom is 0.251 e. The van der Waals surface area contributed by atoms with Crippen molar-refractivity contribution in [1.82, 2.24) is 9.88 Å². The smallest absolute Gasteiger partial charge is 0.251 e. The molecular formula is C18H16N2O3. The molecule has 0 saturated carbocycles. The van der Waals surface area contributed by atoms with Gasteiger partial charge in [0.25, 0.3) is 5.91 Å². The van der Waals surface area contributed by atoms with Crippen molar-refractivity contribution in [1.29, 1.82) is 0 Å². The number of hydrogen-bond donors (Lipinski definition) is 1. The van der Waals surface area contributed by atoms with E-state index in [1.807, 2.05) is 60.3 Å². The summed E-state index contributed by atoms with van der Waals surface area (Å²) in [4.78, 5) is 12.4. The van der Waals surface area contributed by atoms with E-state index in [0.29, 0.717) is 12.1 Å². The number of ether oxygens (including phenoxy) is 2. The largest absolute Gasteiger partial charge is 0.454 e. The molecule has 0 saturated heterocycles. The van der Waals surface area contributed by atoms with Crippen molar-refractivity contribution in [2.45, 2.75) is 6.54 Å². The van der Waals surface area contributed by atoms with E-state index in [2.05, 4.69) is 5.32 Å². The van der Waals surface area contributed by atoms with Crippen LogP contribution in [0.5, 0.6) is 11.5 Å². The van der Waals surface area contributed by atoms with Gasteiger partial charge in [0.2, 0.25) is 6.79 Å². The van der Waals surface area contributed by atoms with E-state index in [9.17, 15) is 4.79 Å². The first-order valence-corrected chi connectivity index (χ1v) is 7.42. The van der Waals surface area contributed by atoms with Gasteiger partial charge in [-0.1, -0.05) is 12.1 Å². The van der Waals surface area contributed by atoms with Gasteiger partial charge in [0.05, 0.1) is 0 Å². The highest BCUT2D eigenvalue weighted by atomic mass is 16.7. The average molecular weight is 308 g/mol. The highest BCUT2D eigenvalue weighted by Crippen LogP contribution is 2.32. The molecule has 1 amide bonds. The highest BCUT2D eigenvalue weighted by Gasteiger charge is 2.14. The summed E-state index contributed by atoms with van der Waals surface area (Å²) in [6, 6.07) is 13.4. The minimum absolute atomic E-state index is 0.0919. The summed E-state index contributed by atoms with van der Waals surface area (Å²) in [5, 5.41) is 4.06. The molecule has 5 nitrogen and oxygen atoms in total. The van der Waals surface area contributed by atoms with Crippen molar-refractivity contribution in [2.24, 2.45) is 7.05 Å². The molecule has 3 aromatic rings. The number of aryl methyl sites for hydroxylation is 1. The lowest BCUT2D eigenvalue weighted by molar-refractivity contribution is 0.0951. The Balaban J connectivity index is 1.49. The number of carbonyl (C=O) groups is 1. The van der Waals surface area contributed by atoms with E-state index in [1.165, 1.54) is 0 Å². The van der Waals surface area contributed by atoms with Gasteiger partial charge in [-0.25, -0.2) is 0 Å². The van der Waals surface area contributed by atoms with Gasteiger partial charge in [0, 0.05) is 30.9 Å². The molecule has 4 rings (SSSR count). The summed E-state index contributed by atoms with van der Waals surface area (Å²) in [6.45, 7) is 0.697. The van der Waals surface area contributed by atoms with Gasteiger partial charge >= 0.3 is 0 Å². The first kappa shape index (κ1) is 13.7. The van der Waals surface area contributed by atoms with E-state index in [0.717, 1.165) is 28.0 Å². The van der Waals surface area contributed by atoms with Crippen LogP contribution in [0, 0.1) is 0 Å². The average Bonchev–Trinajstić information content (AvgIpc) is 3.18. The SMILES string of the molecule is Cn1ccc2ccc(C(=O)NCc3ccc4c(c3)OCO4)cc21. The number of nitrogens with one attached hydrogen (secondary N) is 1. The lowest BCUT2D eigenvalue weighted by Crippen LogP contribution is -2.22. The van der Waals surface area contributed by atoms with Gasteiger partial charge in [-0.3, -0.25) is 4.79 Å². The van der Waals surface area contributed by atoms with Gasteiger partial charge in [-0.05, 0) is 41.3 Å². The van der Waals surface area contributed by atoms with Crippen LogP contribution >= 0.6 is 0 Å². The number of benzene rings is 2. The Kier molecular flexibility index (Phi) is 3.19. The standard InChI is InChI=1S/C18H16N2O3/c1-20-7-6-13-3-4-14(9-15(13)20)18(21)19-10-12-2-5-16-17(8-12)23-11-22-16/h2-9H,10-11H2,1H3,(H,19,21).